The number of hydrogen-bond donors (Lipinski definition) is 1. The largest absolute Gasteiger partial charge is 0.586 e. The van der Waals surface area contributed by atoms with Crippen LogP contribution in [0.5, 0.6) is 11.5 Å². The van der Waals surface area contributed by atoms with E-state index in [0.717, 1.165) is 31.5 Å². The Morgan fingerprint density at radius 3 is 2.49 bits per heavy atom. The first-order valence-electron chi connectivity index (χ1n) is 11.4. The lowest BCUT2D eigenvalue weighted by atomic mass is 9.72. The minimum absolute atomic E-state index is 0.0609. The van der Waals surface area contributed by atoms with Gasteiger partial charge in [0.15, 0.2) is 17.3 Å². The number of halogens is 2. The zero-order valence-electron chi connectivity index (χ0n) is 18.7. The summed E-state index contributed by atoms with van der Waals surface area (Å²) in [5.74, 6) is 0.705. The first-order chi connectivity index (χ1) is 16.9. The first-order valence-corrected chi connectivity index (χ1v) is 11.4. The highest BCUT2D eigenvalue weighted by molar-refractivity contribution is 5.89. The minimum atomic E-state index is -3.60. The summed E-state index contributed by atoms with van der Waals surface area (Å²) in [5.41, 5.74) is 1.65. The summed E-state index contributed by atoms with van der Waals surface area (Å²) in [7, 11) is 0. The van der Waals surface area contributed by atoms with Gasteiger partial charge in [-0.3, -0.25) is 4.90 Å². The lowest BCUT2D eigenvalue weighted by molar-refractivity contribution is -0.286. The molecule has 12 heteroatoms. The van der Waals surface area contributed by atoms with E-state index in [1.165, 1.54) is 10.9 Å². The van der Waals surface area contributed by atoms with Crippen LogP contribution in [-0.2, 0) is 6.54 Å². The standard InChI is InChI=1S/C23H23F2N7O3/c24-23(25)34-18-3-1-16(11-19(18)35-23)13-30-9-5-22(6-10-30)14-31(15-22)21(33)29-17-2-4-20(26-12-17)32-27-7-8-28-32/h1-4,7-8,11-12H,5-6,9-10,13-15H2,(H,29,33). The number of carbonyl (C=O) groups excluding carboxylic acids is 1. The van der Waals surface area contributed by atoms with Gasteiger partial charge >= 0.3 is 12.3 Å². The van der Waals surface area contributed by atoms with Gasteiger partial charge in [0.1, 0.15) is 0 Å². The van der Waals surface area contributed by atoms with Gasteiger partial charge in [0, 0.05) is 25.0 Å². The third-order valence-electron chi connectivity index (χ3n) is 6.75. The highest BCUT2D eigenvalue weighted by atomic mass is 19.3. The summed E-state index contributed by atoms with van der Waals surface area (Å²) < 4.78 is 35.5. The van der Waals surface area contributed by atoms with Gasteiger partial charge in [-0.2, -0.15) is 10.2 Å². The zero-order chi connectivity index (χ0) is 24.0. The Kier molecular flexibility index (Phi) is 5.06. The number of pyridine rings is 1. The Labute approximate surface area is 199 Å². The fourth-order valence-electron chi connectivity index (χ4n) is 4.87. The molecular weight excluding hydrogens is 460 g/mol. The minimum Gasteiger partial charge on any atom is -0.395 e. The van der Waals surface area contributed by atoms with Gasteiger partial charge in [-0.05, 0) is 55.8 Å². The molecule has 1 N–H and O–H groups in total. The van der Waals surface area contributed by atoms with Crippen molar-refractivity contribution in [2.45, 2.75) is 25.7 Å². The maximum Gasteiger partial charge on any atom is 0.586 e. The van der Waals surface area contributed by atoms with Crippen molar-refractivity contribution in [3.05, 3.63) is 54.5 Å². The molecule has 6 rings (SSSR count). The van der Waals surface area contributed by atoms with E-state index in [2.05, 4.69) is 34.9 Å². The Morgan fingerprint density at radius 2 is 1.77 bits per heavy atom. The molecule has 3 aliphatic heterocycles. The smallest absolute Gasteiger partial charge is 0.395 e. The molecule has 3 aromatic rings. The highest BCUT2D eigenvalue weighted by Crippen LogP contribution is 2.43. The van der Waals surface area contributed by atoms with Gasteiger partial charge in [-0.15, -0.1) is 13.6 Å². The summed E-state index contributed by atoms with van der Waals surface area (Å²) in [4.78, 5) is 22.4. The van der Waals surface area contributed by atoms with E-state index in [9.17, 15) is 13.6 Å². The molecule has 5 heterocycles. The molecule has 35 heavy (non-hydrogen) atoms. The fraction of sp³-hybridized carbons (Fsp3) is 0.391. The maximum atomic E-state index is 13.2. The summed E-state index contributed by atoms with van der Waals surface area (Å²) in [6.45, 7) is 3.85. The molecule has 0 bridgehead atoms. The lowest BCUT2D eigenvalue weighted by Crippen LogP contribution is -2.62. The van der Waals surface area contributed by atoms with E-state index < -0.39 is 6.29 Å². The Balaban J connectivity index is 0.976. The SMILES string of the molecule is O=C(Nc1ccc(-n2nccn2)nc1)N1CC2(CCN(Cc3ccc4c(c3)OC(F)(F)O4)CC2)C1. The normalized spacial score (nSPS) is 20.0. The van der Waals surface area contributed by atoms with Crippen molar-refractivity contribution in [1.82, 2.24) is 29.8 Å². The monoisotopic (exact) mass is 483 g/mol. The summed E-state index contributed by atoms with van der Waals surface area (Å²) >= 11 is 0. The van der Waals surface area contributed by atoms with E-state index in [-0.39, 0.29) is 22.9 Å². The van der Waals surface area contributed by atoms with Crippen LogP contribution in [0, 0.1) is 5.41 Å². The molecular formula is C23H23F2N7O3. The number of alkyl halides is 2. The second-order valence-electron chi connectivity index (χ2n) is 9.23. The van der Waals surface area contributed by atoms with Gasteiger partial charge < -0.3 is 19.7 Å². The number of likely N-dealkylation sites (tertiary alicyclic amines) is 2. The lowest BCUT2D eigenvalue weighted by Gasteiger charge is -2.53. The number of ether oxygens (including phenoxy) is 2. The number of piperidine rings is 1. The number of amides is 2. The topological polar surface area (TPSA) is 97.6 Å². The van der Waals surface area contributed by atoms with Crippen LogP contribution in [-0.4, -0.2) is 68.3 Å². The van der Waals surface area contributed by atoms with Crippen LogP contribution in [0.1, 0.15) is 18.4 Å². The van der Waals surface area contributed by atoms with E-state index in [4.69, 9.17) is 0 Å². The second kappa shape index (κ2) is 8.15. The zero-order valence-corrected chi connectivity index (χ0v) is 18.7. The molecule has 2 saturated heterocycles. The molecule has 2 amide bonds. The molecule has 0 saturated carbocycles. The number of hydrogen-bond acceptors (Lipinski definition) is 7. The third-order valence-corrected chi connectivity index (χ3v) is 6.75. The molecule has 2 fully saturated rings. The molecule has 3 aliphatic rings. The summed E-state index contributed by atoms with van der Waals surface area (Å²) in [5, 5.41) is 11.0. The number of urea groups is 1. The van der Waals surface area contributed by atoms with Gasteiger partial charge in [-0.1, -0.05) is 6.07 Å². The average molecular weight is 483 g/mol. The maximum absolute atomic E-state index is 13.2. The van der Waals surface area contributed by atoms with E-state index >= 15 is 0 Å². The number of aromatic nitrogens is 4. The van der Waals surface area contributed by atoms with Gasteiger partial charge in [0.2, 0.25) is 0 Å². The molecule has 0 aliphatic carbocycles. The van der Waals surface area contributed by atoms with Crippen LogP contribution >= 0.6 is 0 Å². The number of nitrogens with zero attached hydrogens (tertiary/aromatic N) is 6. The molecule has 0 atom stereocenters. The van der Waals surface area contributed by atoms with Crippen molar-refractivity contribution in [2.24, 2.45) is 5.41 Å². The Bertz CT molecular complexity index is 1220. The molecule has 0 unspecified atom stereocenters. The van der Waals surface area contributed by atoms with E-state index in [0.29, 0.717) is 31.1 Å². The van der Waals surface area contributed by atoms with Crippen molar-refractivity contribution in [3.8, 4) is 17.3 Å². The van der Waals surface area contributed by atoms with Crippen molar-refractivity contribution < 1.29 is 23.0 Å². The number of nitrogens with one attached hydrogen (secondary N) is 1. The number of anilines is 1. The summed E-state index contributed by atoms with van der Waals surface area (Å²) in [6.07, 6.45) is 3.09. The van der Waals surface area contributed by atoms with Crippen LogP contribution < -0.4 is 14.8 Å². The molecule has 10 nitrogen and oxygen atoms in total. The van der Waals surface area contributed by atoms with Crippen molar-refractivity contribution in [3.63, 3.8) is 0 Å². The second-order valence-corrected chi connectivity index (χ2v) is 9.23. The van der Waals surface area contributed by atoms with Crippen LogP contribution in [0.2, 0.25) is 0 Å². The van der Waals surface area contributed by atoms with E-state index in [1.807, 2.05) is 4.90 Å². The van der Waals surface area contributed by atoms with Crippen LogP contribution in [0.4, 0.5) is 19.3 Å². The van der Waals surface area contributed by atoms with Crippen LogP contribution in [0.25, 0.3) is 5.82 Å². The van der Waals surface area contributed by atoms with E-state index in [1.54, 1.807) is 42.9 Å². The summed E-state index contributed by atoms with van der Waals surface area (Å²) in [6, 6.07) is 8.31. The molecule has 182 valence electrons. The van der Waals surface area contributed by atoms with Crippen molar-refractivity contribution in [2.75, 3.05) is 31.5 Å². The average Bonchev–Trinajstić information content (AvgIpc) is 3.45. The van der Waals surface area contributed by atoms with Crippen molar-refractivity contribution in [1.29, 1.82) is 0 Å². The first kappa shape index (κ1) is 21.7. The van der Waals surface area contributed by atoms with Gasteiger partial charge in [0.25, 0.3) is 0 Å². The predicted molar refractivity (Wildman–Crippen MR) is 119 cm³/mol. The number of benzene rings is 1. The highest BCUT2D eigenvalue weighted by Gasteiger charge is 2.47. The quantitative estimate of drug-likeness (QED) is 0.609. The number of fused-ring (bicyclic) bond motifs is 1. The Morgan fingerprint density at radius 1 is 1.03 bits per heavy atom. The van der Waals surface area contributed by atoms with Gasteiger partial charge in [-0.25, -0.2) is 9.78 Å². The van der Waals surface area contributed by atoms with Crippen LogP contribution in [0.15, 0.2) is 48.9 Å². The Hall–Kier alpha value is -3.80. The number of carbonyl (C=O) groups is 1. The van der Waals surface area contributed by atoms with Gasteiger partial charge in [0.05, 0.1) is 24.3 Å². The van der Waals surface area contributed by atoms with Crippen molar-refractivity contribution >= 4 is 11.7 Å². The predicted octanol–water partition coefficient (Wildman–Crippen LogP) is 3.11. The molecule has 1 spiro atoms. The fourth-order valence-corrected chi connectivity index (χ4v) is 4.87. The van der Waals surface area contributed by atoms with Crippen LogP contribution in [0.3, 0.4) is 0 Å². The molecule has 1 aromatic carbocycles. The molecule has 0 radical (unpaired) electrons. The third kappa shape index (κ3) is 4.36. The number of rotatable bonds is 4. The molecule has 2 aromatic heterocycles.